The lowest BCUT2D eigenvalue weighted by Crippen LogP contribution is -2.55. The van der Waals surface area contributed by atoms with Crippen LogP contribution in [0.2, 0.25) is 0 Å². The predicted molar refractivity (Wildman–Crippen MR) is 66.5 cm³/mol. The summed E-state index contributed by atoms with van der Waals surface area (Å²) >= 11 is 1.81. The van der Waals surface area contributed by atoms with E-state index in [2.05, 4.69) is 0 Å². The Morgan fingerprint density at radius 1 is 1.44 bits per heavy atom. The van der Waals surface area contributed by atoms with Crippen LogP contribution < -0.4 is 10.6 Å². The normalized spacial score (nSPS) is 27.8. The number of carbonyl (C=O) groups excluding carboxylic acids is 1. The highest BCUT2D eigenvalue weighted by Gasteiger charge is 2.45. The smallest absolute Gasteiger partial charge is 0.240 e. The number of rotatable bonds is 2. The van der Waals surface area contributed by atoms with Crippen molar-refractivity contribution in [2.45, 2.75) is 23.5 Å². The number of anilines is 1. The molecule has 1 aromatic rings. The van der Waals surface area contributed by atoms with E-state index in [9.17, 15) is 4.79 Å². The molecule has 2 N–H and O–H groups in total. The van der Waals surface area contributed by atoms with Crippen molar-refractivity contribution in [3.8, 4) is 0 Å². The Morgan fingerprint density at radius 3 is 2.88 bits per heavy atom. The minimum absolute atomic E-state index is 0.199. The Labute approximate surface area is 99.0 Å². The van der Waals surface area contributed by atoms with Crippen molar-refractivity contribution in [1.82, 2.24) is 0 Å². The molecular weight excluding hydrogens is 220 g/mol. The molecule has 16 heavy (non-hydrogen) atoms. The van der Waals surface area contributed by atoms with Crippen LogP contribution in [0.1, 0.15) is 12.0 Å². The van der Waals surface area contributed by atoms with E-state index in [1.807, 2.05) is 40.9 Å². The first-order valence-corrected chi connectivity index (χ1v) is 6.48. The minimum Gasteiger partial charge on any atom is -0.326 e. The van der Waals surface area contributed by atoms with Gasteiger partial charge in [0, 0.05) is 24.0 Å². The number of nitrogens with zero attached hydrogens (tertiary/aromatic N) is 1. The van der Waals surface area contributed by atoms with Crippen LogP contribution in [0.15, 0.2) is 24.3 Å². The van der Waals surface area contributed by atoms with Gasteiger partial charge >= 0.3 is 0 Å². The van der Waals surface area contributed by atoms with E-state index in [1.54, 1.807) is 0 Å². The monoisotopic (exact) mass is 234 g/mol. The van der Waals surface area contributed by atoms with Crippen LogP contribution in [0.5, 0.6) is 0 Å². The molecule has 0 spiro atoms. The molecule has 2 bridgehead atoms. The molecule has 4 rings (SSSR count). The van der Waals surface area contributed by atoms with Crippen molar-refractivity contribution in [3.63, 3.8) is 0 Å². The summed E-state index contributed by atoms with van der Waals surface area (Å²) in [5.41, 5.74) is 7.77. The van der Waals surface area contributed by atoms with Gasteiger partial charge in [0.15, 0.2) is 0 Å². The van der Waals surface area contributed by atoms with Gasteiger partial charge in [-0.15, -0.1) is 11.8 Å². The van der Waals surface area contributed by atoms with E-state index >= 15 is 0 Å². The van der Waals surface area contributed by atoms with Crippen LogP contribution in [0, 0.1) is 0 Å². The summed E-state index contributed by atoms with van der Waals surface area (Å²) in [4.78, 5) is 14.0. The number of hydrogen-bond acceptors (Lipinski definition) is 3. The van der Waals surface area contributed by atoms with Crippen molar-refractivity contribution < 1.29 is 4.79 Å². The molecule has 3 saturated heterocycles. The third-order valence-electron chi connectivity index (χ3n) is 3.26. The van der Waals surface area contributed by atoms with Crippen LogP contribution in [-0.4, -0.2) is 23.0 Å². The second-order valence-corrected chi connectivity index (χ2v) is 5.77. The number of nitrogens with two attached hydrogens (primary N) is 1. The molecule has 84 valence electrons. The zero-order chi connectivity index (χ0) is 11.1. The standard InChI is InChI=1S/C12H14N2OS/c13-6-8-3-1-2-4-10(8)14-7-9-5-11(16-9)12(14)15/h1-4,9,11H,5-7,13H2. The molecule has 0 aromatic heterocycles. The second kappa shape index (κ2) is 3.79. The van der Waals surface area contributed by atoms with Crippen molar-refractivity contribution in [3.05, 3.63) is 29.8 Å². The van der Waals surface area contributed by atoms with Crippen molar-refractivity contribution in [2.75, 3.05) is 11.4 Å². The molecule has 0 aliphatic carbocycles. The van der Waals surface area contributed by atoms with Gasteiger partial charge in [-0.1, -0.05) is 18.2 Å². The van der Waals surface area contributed by atoms with Crippen LogP contribution in [0.25, 0.3) is 0 Å². The van der Waals surface area contributed by atoms with Crippen LogP contribution in [0.3, 0.4) is 0 Å². The first-order valence-electron chi connectivity index (χ1n) is 5.54. The van der Waals surface area contributed by atoms with Gasteiger partial charge in [0.1, 0.15) is 0 Å². The predicted octanol–water partition coefficient (Wildman–Crippen LogP) is 1.37. The molecule has 3 aliphatic rings. The summed E-state index contributed by atoms with van der Waals surface area (Å²) in [6.45, 7) is 1.33. The topological polar surface area (TPSA) is 46.3 Å². The number of para-hydroxylation sites is 1. The number of hydrogen-bond donors (Lipinski definition) is 1. The maximum atomic E-state index is 12.1. The number of fused-ring (bicyclic) bond motifs is 2. The highest BCUT2D eigenvalue weighted by Crippen LogP contribution is 2.44. The third kappa shape index (κ3) is 1.44. The molecule has 4 heteroatoms. The van der Waals surface area contributed by atoms with Crippen molar-refractivity contribution in [2.24, 2.45) is 5.73 Å². The Morgan fingerprint density at radius 2 is 2.19 bits per heavy atom. The van der Waals surface area contributed by atoms with Gasteiger partial charge in [-0.05, 0) is 18.1 Å². The van der Waals surface area contributed by atoms with E-state index in [0.29, 0.717) is 11.8 Å². The fourth-order valence-corrected chi connectivity index (χ4v) is 3.60. The number of carbonyl (C=O) groups is 1. The molecule has 1 amide bonds. The molecule has 3 aliphatic heterocycles. The first kappa shape index (κ1) is 10.2. The fraction of sp³-hybridized carbons (Fsp3) is 0.417. The molecule has 2 atom stereocenters. The summed E-state index contributed by atoms with van der Waals surface area (Å²) in [5.74, 6) is 0.258. The Bertz CT molecular complexity index is 429. The SMILES string of the molecule is NCc1ccccc1N1CC2CC(S2)C1=O. The fourth-order valence-electron chi connectivity index (χ4n) is 2.37. The number of thioether (sulfide) groups is 1. The van der Waals surface area contributed by atoms with Crippen molar-refractivity contribution in [1.29, 1.82) is 0 Å². The van der Waals surface area contributed by atoms with Gasteiger partial charge < -0.3 is 10.6 Å². The lowest BCUT2D eigenvalue weighted by atomic mass is 10.0. The highest BCUT2D eigenvalue weighted by atomic mass is 32.2. The quantitative estimate of drug-likeness (QED) is 0.840. The number of amides is 1. The van der Waals surface area contributed by atoms with Crippen molar-refractivity contribution >= 4 is 23.4 Å². The zero-order valence-electron chi connectivity index (χ0n) is 8.93. The van der Waals surface area contributed by atoms with Gasteiger partial charge in [0.25, 0.3) is 0 Å². The van der Waals surface area contributed by atoms with E-state index in [4.69, 9.17) is 5.73 Å². The molecule has 2 unspecified atom stereocenters. The Hall–Kier alpha value is -1.00. The molecule has 3 nitrogen and oxygen atoms in total. The average molecular weight is 234 g/mol. The van der Waals surface area contributed by atoms with Crippen LogP contribution in [-0.2, 0) is 11.3 Å². The summed E-state index contributed by atoms with van der Waals surface area (Å²) < 4.78 is 0. The van der Waals surface area contributed by atoms with Crippen LogP contribution in [0.4, 0.5) is 5.69 Å². The summed E-state index contributed by atoms with van der Waals surface area (Å²) in [6.07, 6.45) is 1.06. The van der Waals surface area contributed by atoms with E-state index in [1.165, 1.54) is 0 Å². The summed E-state index contributed by atoms with van der Waals surface area (Å²) in [6, 6.07) is 7.93. The Balaban J connectivity index is 1.94. The van der Waals surface area contributed by atoms with Gasteiger partial charge in [0.05, 0.1) is 5.25 Å². The molecule has 3 heterocycles. The van der Waals surface area contributed by atoms with E-state index in [-0.39, 0.29) is 11.2 Å². The third-order valence-corrected chi connectivity index (χ3v) is 4.71. The van der Waals surface area contributed by atoms with E-state index in [0.717, 1.165) is 24.2 Å². The molecule has 0 radical (unpaired) electrons. The number of benzene rings is 1. The Kier molecular flexibility index (Phi) is 2.41. The number of piperidine rings is 1. The van der Waals surface area contributed by atoms with Gasteiger partial charge in [-0.2, -0.15) is 0 Å². The zero-order valence-corrected chi connectivity index (χ0v) is 9.74. The summed E-state index contributed by atoms with van der Waals surface area (Å²) in [7, 11) is 0. The second-order valence-electron chi connectivity index (χ2n) is 4.26. The maximum Gasteiger partial charge on any atom is 0.240 e. The lowest BCUT2D eigenvalue weighted by Gasteiger charge is -2.45. The maximum absolute atomic E-state index is 12.1. The van der Waals surface area contributed by atoms with E-state index < -0.39 is 0 Å². The van der Waals surface area contributed by atoms with Gasteiger partial charge in [-0.25, -0.2) is 0 Å². The lowest BCUT2D eigenvalue weighted by molar-refractivity contribution is -0.119. The van der Waals surface area contributed by atoms with Gasteiger partial charge in [0.2, 0.25) is 5.91 Å². The molecule has 1 aromatic carbocycles. The molecule has 0 saturated carbocycles. The average Bonchev–Trinajstić information content (AvgIpc) is 2.28. The highest BCUT2D eigenvalue weighted by molar-refractivity contribution is 8.02. The summed E-state index contributed by atoms with van der Waals surface area (Å²) in [5, 5.41) is 0.832. The molecular formula is C12H14N2OS. The molecule has 3 fully saturated rings. The first-order chi connectivity index (χ1) is 7.79. The minimum atomic E-state index is 0.199. The largest absolute Gasteiger partial charge is 0.326 e. The van der Waals surface area contributed by atoms with Gasteiger partial charge in [-0.3, -0.25) is 4.79 Å². The van der Waals surface area contributed by atoms with Crippen LogP contribution >= 0.6 is 11.8 Å².